The molecule has 0 aliphatic carbocycles. The topological polar surface area (TPSA) is 66.9 Å². The Morgan fingerprint density at radius 1 is 1.38 bits per heavy atom. The quantitative estimate of drug-likeness (QED) is 0.452. The van der Waals surface area contributed by atoms with E-state index in [1.807, 2.05) is 0 Å². The van der Waals surface area contributed by atoms with Gasteiger partial charge in [0.2, 0.25) is 5.13 Å². The number of carbonyl (C=O) groups excluding carboxylic acids is 1. The highest BCUT2D eigenvalue weighted by atomic mass is 35.5. The van der Waals surface area contributed by atoms with Crippen LogP contribution in [0.2, 0.25) is 5.02 Å². The molecule has 0 radical (unpaired) electrons. The van der Waals surface area contributed by atoms with Crippen molar-refractivity contribution in [1.82, 2.24) is 10.2 Å². The maximum atomic E-state index is 11.8. The number of nitrogens with zero attached hydrogens (tertiary/aromatic N) is 2. The van der Waals surface area contributed by atoms with Gasteiger partial charge in [0.15, 0.2) is 4.34 Å². The van der Waals surface area contributed by atoms with Crippen molar-refractivity contribution in [1.29, 1.82) is 0 Å². The SMILES string of the molecule is CCCCSc1nnc(NC(=O)Nc2cccc(Cl)c2)s1. The van der Waals surface area contributed by atoms with E-state index in [0.29, 0.717) is 15.8 Å². The van der Waals surface area contributed by atoms with Crippen LogP contribution in [0.25, 0.3) is 0 Å². The largest absolute Gasteiger partial charge is 0.325 e. The summed E-state index contributed by atoms with van der Waals surface area (Å²) in [6, 6.07) is 6.59. The number of aromatic nitrogens is 2. The Labute approximate surface area is 136 Å². The summed E-state index contributed by atoms with van der Waals surface area (Å²) in [5, 5.41) is 14.4. The molecule has 2 N–H and O–H groups in total. The number of carbonyl (C=O) groups is 1. The van der Waals surface area contributed by atoms with Gasteiger partial charge >= 0.3 is 6.03 Å². The fourth-order valence-electron chi connectivity index (χ4n) is 1.45. The minimum Gasteiger partial charge on any atom is -0.308 e. The fraction of sp³-hybridized carbons (Fsp3) is 0.308. The van der Waals surface area contributed by atoms with Gasteiger partial charge in [0.25, 0.3) is 0 Å². The van der Waals surface area contributed by atoms with Gasteiger partial charge in [0, 0.05) is 16.5 Å². The molecule has 5 nitrogen and oxygen atoms in total. The number of hydrogen-bond acceptors (Lipinski definition) is 5. The van der Waals surface area contributed by atoms with E-state index in [1.165, 1.54) is 11.3 Å². The highest BCUT2D eigenvalue weighted by Crippen LogP contribution is 2.26. The van der Waals surface area contributed by atoms with Crippen molar-refractivity contribution >= 4 is 51.5 Å². The van der Waals surface area contributed by atoms with E-state index >= 15 is 0 Å². The lowest BCUT2D eigenvalue weighted by Gasteiger charge is -2.04. The summed E-state index contributed by atoms with van der Waals surface area (Å²) in [6.45, 7) is 2.15. The number of hydrogen-bond donors (Lipinski definition) is 2. The Hall–Kier alpha value is -1.31. The number of rotatable bonds is 6. The van der Waals surface area contributed by atoms with Crippen LogP contribution in [0.15, 0.2) is 28.6 Å². The van der Waals surface area contributed by atoms with E-state index < -0.39 is 0 Å². The van der Waals surface area contributed by atoms with Crippen molar-refractivity contribution in [3.8, 4) is 0 Å². The summed E-state index contributed by atoms with van der Waals surface area (Å²) in [6.07, 6.45) is 2.29. The zero-order chi connectivity index (χ0) is 15.1. The van der Waals surface area contributed by atoms with Crippen LogP contribution in [-0.2, 0) is 0 Å². The van der Waals surface area contributed by atoms with Gasteiger partial charge in [0.05, 0.1) is 0 Å². The van der Waals surface area contributed by atoms with E-state index in [1.54, 1.807) is 36.0 Å². The van der Waals surface area contributed by atoms with E-state index in [9.17, 15) is 4.79 Å². The molecule has 1 aromatic carbocycles. The lowest BCUT2D eigenvalue weighted by molar-refractivity contribution is 0.262. The van der Waals surface area contributed by atoms with E-state index in [4.69, 9.17) is 11.6 Å². The van der Waals surface area contributed by atoms with Gasteiger partial charge in [-0.1, -0.05) is 54.1 Å². The molecule has 0 aliphatic heterocycles. The first-order chi connectivity index (χ1) is 10.2. The molecule has 0 unspecified atom stereocenters. The first kappa shape index (κ1) is 16.1. The minimum absolute atomic E-state index is 0.362. The second-order valence-corrected chi connectivity index (χ2v) is 6.92. The summed E-state index contributed by atoms with van der Waals surface area (Å²) >= 11 is 8.88. The summed E-state index contributed by atoms with van der Waals surface area (Å²) < 4.78 is 0.863. The third-order valence-corrected chi connectivity index (χ3v) is 4.73. The lowest BCUT2D eigenvalue weighted by atomic mass is 10.3. The molecule has 0 bridgehead atoms. The third kappa shape index (κ3) is 5.53. The highest BCUT2D eigenvalue weighted by Gasteiger charge is 2.08. The Balaban J connectivity index is 1.85. The molecule has 21 heavy (non-hydrogen) atoms. The summed E-state index contributed by atoms with van der Waals surface area (Å²) in [5.41, 5.74) is 0.627. The number of thioether (sulfide) groups is 1. The van der Waals surface area contributed by atoms with Crippen molar-refractivity contribution in [2.24, 2.45) is 0 Å². The van der Waals surface area contributed by atoms with Crippen LogP contribution in [0.3, 0.4) is 0 Å². The predicted molar refractivity (Wildman–Crippen MR) is 89.6 cm³/mol. The molecule has 2 amide bonds. The van der Waals surface area contributed by atoms with Crippen LogP contribution in [0, 0.1) is 0 Å². The smallest absolute Gasteiger partial charge is 0.308 e. The van der Waals surface area contributed by atoms with Gasteiger partial charge in [-0.05, 0) is 24.6 Å². The zero-order valence-electron chi connectivity index (χ0n) is 11.4. The molecule has 1 aromatic heterocycles. The molecular formula is C13H15ClN4OS2. The average molecular weight is 343 g/mol. The van der Waals surface area contributed by atoms with Gasteiger partial charge in [-0.15, -0.1) is 10.2 Å². The Bertz CT molecular complexity index is 605. The number of amides is 2. The molecule has 2 aromatic rings. The van der Waals surface area contributed by atoms with Crippen LogP contribution >= 0.6 is 34.7 Å². The Kier molecular flexibility index (Phi) is 6.28. The molecule has 2 rings (SSSR count). The maximum Gasteiger partial charge on any atom is 0.325 e. The zero-order valence-corrected chi connectivity index (χ0v) is 13.8. The van der Waals surface area contributed by atoms with Gasteiger partial charge in [-0.3, -0.25) is 5.32 Å². The molecule has 0 fully saturated rings. The Morgan fingerprint density at radius 3 is 3.00 bits per heavy atom. The third-order valence-electron chi connectivity index (χ3n) is 2.43. The first-order valence-corrected chi connectivity index (χ1v) is 8.65. The number of unbranched alkanes of at least 4 members (excludes halogenated alkanes) is 1. The van der Waals surface area contributed by atoms with Crippen LogP contribution in [0.5, 0.6) is 0 Å². The van der Waals surface area contributed by atoms with Crippen LogP contribution in [0.4, 0.5) is 15.6 Å². The van der Waals surface area contributed by atoms with Crippen molar-refractivity contribution in [3.05, 3.63) is 29.3 Å². The molecule has 0 aliphatic rings. The average Bonchev–Trinajstić information content (AvgIpc) is 2.86. The monoisotopic (exact) mass is 342 g/mol. The van der Waals surface area contributed by atoms with Crippen molar-refractivity contribution < 1.29 is 4.79 Å². The molecule has 0 saturated heterocycles. The molecular weight excluding hydrogens is 328 g/mol. The van der Waals surface area contributed by atoms with Crippen molar-refractivity contribution in [2.75, 3.05) is 16.4 Å². The van der Waals surface area contributed by atoms with Crippen LogP contribution in [-0.4, -0.2) is 22.0 Å². The summed E-state index contributed by atoms with van der Waals surface area (Å²) in [5.74, 6) is 1.01. The molecule has 112 valence electrons. The standard InChI is InChI=1S/C13H15ClN4OS2/c1-2-3-7-20-13-18-17-12(21-13)16-11(19)15-10-6-4-5-9(14)8-10/h4-6,8H,2-3,7H2,1H3,(H2,15,16,17,19). The van der Waals surface area contributed by atoms with Crippen molar-refractivity contribution in [2.45, 2.75) is 24.1 Å². The van der Waals surface area contributed by atoms with Crippen molar-refractivity contribution in [3.63, 3.8) is 0 Å². The molecule has 1 heterocycles. The number of urea groups is 1. The van der Waals surface area contributed by atoms with Gasteiger partial charge in [-0.2, -0.15) is 0 Å². The number of nitrogens with one attached hydrogen (secondary N) is 2. The van der Waals surface area contributed by atoms with Crippen LogP contribution in [0.1, 0.15) is 19.8 Å². The molecule has 8 heteroatoms. The van der Waals surface area contributed by atoms with Crippen LogP contribution < -0.4 is 10.6 Å². The number of halogens is 1. The molecule has 0 spiro atoms. The second kappa shape index (κ2) is 8.21. The fourth-order valence-corrected chi connectivity index (χ4v) is 3.54. The predicted octanol–water partition coefficient (Wildman–Crippen LogP) is 4.73. The molecule has 0 saturated carbocycles. The van der Waals surface area contributed by atoms with E-state index in [2.05, 4.69) is 27.8 Å². The normalized spacial score (nSPS) is 10.4. The van der Waals surface area contributed by atoms with E-state index in [0.717, 1.165) is 22.9 Å². The first-order valence-electron chi connectivity index (χ1n) is 6.47. The second-order valence-electron chi connectivity index (χ2n) is 4.16. The van der Waals surface area contributed by atoms with E-state index in [-0.39, 0.29) is 6.03 Å². The summed E-state index contributed by atoms with van der Waals surface area (Å²) in [4.78, 5) is 11.8. The molecule has 0 atom stereocenters. The highest BCUT2D eigenvalue weighted by molar-refractivity contribution is 8.01. The summed E-state index contributed by atoms with van der Waals surface area (Å²) in [7, 11) is 0. The number of benzene rings is 1. The number of anilines is 2. The van der Waals surface area contributed by atoms with Gasteiger partial charge < -0.3 is 5.32 Å². The van der Waals surface area contributed by atoms with Gasteiger partial charge in [0.1, 0.15) is 0 Å². The minimum atomic E-state index is -0.362. The van der Waals surface area contributed by atoms with Gasteiger partial charge in [-0.25, -0.2) is 4.79 Å². The lowest BCUT2D eigenvalue weighted by Crippen LogP contribution is -2.19. The maximum absolute atomic E-state index is 11.8. The Morgan fingerprint density at radius 2 is 2.24 bits per heavy atom.